The van der Waals surface area contributed by atoms with Crippen LogP contribution in [0.1, 0.15) is 93.4 Å². The number of ether oxygens (including phenoxy) is 1. The maximum Gasteiger partial charge on any atom is 0.312 e. The Kier molecular flexibility index (Phi) is 5.91. The van der Waals surface area contributed by atoms with E-state index in [2.05, 4.69) is 34.6 Å². The van der Waals surface area contributed by atoms with E-state index in [9.17, 15) is 4.79 Å². The van der Waals surface area contributed by atoms with Crippen LogP contribution in [0.5, 0.6) is 0 Å². The van der Waals surface area contributed by atoms with Crippen LogP contribution >= 0.6 is 0 Å². The summed E-state index contributed by atoms with van der Waals surface area (Å²) in [7, 11) is 0. The van der Waals surface area contributed by atoms with E-state index in [0.29, 0.717) is 5.41 Å². The van der Waals surface area contributed by atoms with Gasteiger partial charge in [0.1, 0.15) is 5.60 Å². The van der Waals surface area contributed by atoms with Crippen molar-refractivity contribution in [1.29, 1.82) is 0 Å². The van der Waals surface area contributed by atoms with Gasteiger partial charge in [-0.25, -0.2) is 0 Å². The molecule has 1 saturated carbocycles. The fraction of sp³-hybridized carbons (Fsp3) is 0.947. The highest BCUT2D eigenvalue weighted by Crippen LogP contribution is 2.46. The molecule has 2 heteroatoms. The summed E-state index contributed by atoms with van der Waals surface area (Å²) in [6, 6.07) is 0. The topological polar surface area (TPSA) is 26.3 Å². The van der Waals surface area contributed by atoms with E-state index < -0.39 is 0 Å². The summed E-state index contributed by atoms with van der Waals surface area (Å²) in [6.45, 7) is 15.2. The van der Waals surface area contributed by atoms with Gasteiger partial charge in [-0.05, 0) is 63.7 Å². The summed E-state index contributed by atoms with van der Waals surface area (Å²) in [5, 5.41) is 0. The van der Waals surface area contributed by atoms with Gasteiger partial charge in [0.2, 0.25) is 0 Å². The minimum atomic E-state index is -0.359. The number of hydrogen-bond donors (Lipinski definition) is 0. The van der Waals surface area contributed by atoms with Gasteiger partial charge in [0.25, 0.3) is 0 Å². The van der Waals surface area contributed by atoms with Gasteiger partial charge < -0.3 is 4.74 Å². The molecular formula is C19H36O2. The van der Waals surface area contributed by atoms with Crippen molar-refractivity contribution in [3.8, 4) is 0 Å². The normalized spacial score (nSPS) is 27.5. The van der Waals surface area contributed by atoms with E-state index in [0.717, 1.165) is 31.6 Å². The molecule has 2 nitrogen and oxygen atoms in total. The number of esters is 1. The Morgan fingerprint density at radius 3 is 1.95 bits per heavy atom. The smallest absolute Gasteiger partial charge is 0.312 e. The molecule has 0 aromatic heterocycles. The van der Waals surface area contributed by atoms with E-state index in [1.807, 2.05) is 13.8 Å². The molecule has 1 rings (SSSR count). The van der Waals surface area contributed by atoms with Crippen molar-refractivity contribution < 1.29 is 9.53 Å². The molecule has 1 aliphatic rings. The second-order valence-electron chi connectivity index (χ2n) is 8.28. The molecule has 0 saturated heterocycles. The van der Waals surface area contributed by atoms with E-state index in [1.165, 1.54) is 19.3 Å². The lowest BCUT2D eigenvalue weighted by molar-refractivity contribution is -0.177. The summed E-state index contributed by atoms with van der Waals surface area (Å²) < 4.78 is 6.04. The van der Waals surface area contributed by atoms with Gasteiger partial charge in [-0.2, -0.15) is 0 Å². The lowest BCUT2D eigenvalue weighted by atomic mass is 9.66. The molecule has 0 unspecified atom stereocenters. The largest absolute Gasteiger partial charge is 0.459 e. The molecule has 0 radical (unpaired) electrons. The van der Waals surface area contributed by atoms with Crippen molar-refractivity contribution in [3.63, 3.8) is 0 Å². The molecule has 0 heterocycles. The van der Waals surface area contributed by atoms with E-state index in [4.69, 9.17) is 4.74 Å². The van der Waals surface area contributed by atoms with Crippen molar-refractivity contribution in [2.24, 2.45) is 16.7 Å². The number of rotatable bonds is 6. The maximum absolute atomic E-state index is 12.4. The molecule has 0 bridgehead atoms. The third-order valence-corrected chi connectivity index (χ3v) is 6.30. The minimum absolute atomic E-state index is 0.0138. The van der Waals surface area contributed by atoms with Crippen LogP contribution in [0.3, 0.4) is 0 Å². The highest BCUT2D eigenvalue weighted by atomic mass is 16.6. The Morgan fingerprint density at radius 1 is 1.05 bits per heavy atom. The molecule has 0 amide bonds. The monoisotopic (exact) mass is 296 g/mol. The molecular weight excluding hydrogens is 260 g/mol. The van der Waals surface area contributed by atoms with Gasteiger partial charge in [-0.3, -0.25) is 4.79 Å². The van der Waals surface area contributed by atoms with E-state index >= 15 is 0 Å². The first-order chi connectivity index (χ1) is 9.62. The van der Waals surface area contributed by atoms with Gasteiger partial charge in [-0.1, -0.05) is 41.0 Å². The minimum Gasteiger partial charge on any atom is -0.459 e. The Hall–Kier alpha value is -0.530. The summed E-state index contributed by atoms with van der Waals surface area (Å²) in [5.41, 5.74) is -0.155. The van der Waals surface area contributed by atoms with Crippen LogP contribution in [0.2, 0.25) is 0 Å². The zero-order valence-corrected chi connectivity index (χ0v) is 15.3. The predicted molar refractivity (Wildman–Crippen MR) is 89.2 cm³/mol. The molecule has 0 N–H and O–H groups in total. The second kappa shape index (κ2) is 6.71. The number of carbonyl (C=O) groups excluding carboxylic acids is 1. The quantitative estimate of drug-likeness (QED) is 0.584. The van der Waals surface area contributed by atoms with E-state index in [1.54, 1.807) is 0 Å². The lowest BCUT2D eigenvalue weighted by Gasteiger charge is -2.45. The van der Waals surface area contributed by atoms with Gasteiger partial charge in [-0.15, -0.1) is 0 Å². The third kappa shape index (κ3) is 4.23. The summed E-state index contributed by atoms with van der Waals surface area (Å²) in [5.74, 6) is 0.750. The molecule has 0 atom stereocenters. The van der Waals surface area contributed by atoms with Crippen molar-refractivity contribution in [3.05, 3.63) is 0 Å². The summed E-state index contributed by atoms with van der Waals surface area (Å²) >= 11 is 0. The van der Waals surface area contributed by atoms with Crippen LogP contribution in [0.4, 0.5) is 0 Å². The van der Waals surface area contributed by atoms with Gasteiger partial charge in [0.15, 0.2) is 0 Å². The van der Waals surface area contributed by atoms with Crippen LogP contribution < -0.4 is 0 Å². The van der Waals surface area contributed by atoms with Crippen molar-refractivity contribution >= 4 is 5.97 Å². The molecule has 0 aromatic carbocycles. The lowest BCUT2D eigenvalue weighted by Crippen LogP contribution is -2.43. The Bertz CT molecular complexity index is 347. The first-order valence-corrected chi connectivity index (χ1v) is 8.86. The van der Waals surface area contributed by atoms with Crippen molar-refractivity contribution in [2.75, 3.05) is 0 Å². The highest BCUT2D eigenvalue weighted by Gasteiger charge is 2.43. The van der Waals surface area contributed by atoms with Crippen LogP contribution in [-0.2, 0) is 9.53 Å². The fourth-order valence-corrected chi connectivity index (χ4v) is 3.22. The Labute approximate surface area is 132 Å². The standard InChI is InChI=1S/C19H36O2/c1-8-17(4,5)15-11-13-19(10-3,14-12-15)21-16(20)18(6,7)9-2/h15H,8-14H2,1-7H3. The third-order valence-electron chi connectivity index (χ3n) is 6.30. The molecule has 1 fully saturated rings. The van der Waals surface area contributed by atoms with Gasteiger partial charge in [0.05, 0.1) is 5.41 Å². The second-order valence-corrected chi connectivity index (χ2v) is 8.28. The van der Waals surface area contributed by atoms with Crippen LogP contribution in [0, 0.1) is 16.7 Å². The Morgan fingerprint density at radius 2 is 1.57 bits per heavy atom. The van der Waals surface area contributed by atoms with Crippen LogP contribution in [0.25, 0.3) is 0 Å². The SMILES string of the molecule is CCC1(OC(=O)C(C)(C)CC)CCC(C(C)(C)CC)CC1. The van der Waals surface area contributed by atoms with E-state index in [-0.39, 0.29) is 17.0 Å². The first kappa shape index (κ1) is 18.5. The predicted octanol–water partition coefficient (Wildman–Crippen LogP) is 5.74. The zero-order chi connectivity index (χ0) is 16.3. The Balaban J connectivity index is 2.72. The van der Waals surface area contributed by atoms with Gasteiger partial charge in [0, 0.05) is 0 Å². The van der Waals surface area contributed by atoms with Gasteiger partial charge >= 0.3 is 5.97 Å². The molecule has 21 heavy (non-hydrogen) atoms. The highest BCUT2D eigenvalue weighted by molar-refractivity contribution is 5.76. The van der Waals surface area contributed by atoms with Crippen LogP contribution in [-0.4, -0.2) is 11.6 Å². The first-order valence-electron chi connectivity index (χ1n) is 8.86. The van der Waals surface area contributed by atoms with Crippen molar-refractivity contribution in [2.45, 2.75) is 99.0 Å². The average molecular weight is 296 g/mol. The summed E-state index contributed by atoms with van der Waals surface area (Å²) in [6.07, 6.45) is 7.43. The average Bonchev–Trinajstić information content (AvgIpc) is 2.47. The fourth-order valence-electron chi connectivity index (χ4n) is 3.22. The molecule has 0 spiro atoms. The van der Waals surface area contributed by atoms with Crippen LogP contribution in [0.15, 0.2) is 0 Å². The zero-order valence-electron chi connectivity index (χ0n) is 15.3. The molecule has 124 valence electrons. The molecule has 0 aromatic rings. The summed E-state index contributed by atoms with van der Waals surface area (Å²) in [4.78, 5) is 12.4. The molecule has 0 aliphatic heterocycles. The maximum atomic E-state index is 12.4. The number of hydrogen-bond acceptors (Lipinski definition) is 2. The number of carbonyl (C=O) groups is 1. The molecule has 1 aliphatic carbocycles. The van der Waals surface area contributed by atoms with Crippen molar-refractivity contribution in [1.82, 2.24) is 0 Å².